The number of nitrogens with one attached hydrogen (secondary N) is 2. The number of benzene rings is 2. The molecule has 1 aliphatic heterocycles. The molecule has 162 valence electrons. The fourth-order valence-electron chi connectivity index (χ4n) is 3.07. The zero-order valence-electron chi connectivity index (χ0n) is 16.7. The third-order valence-electron chi connectivity index (χ3n) is 4.67. The van der Waals surface area contributed by atoms with Gasteiger partial charge < -0.3 is 14.8 Å². The predicted molar refractivity (Wildman–Crippen MR) is 120 cm³/mol. The zero-order valence-corrected chi connectivity index (χ0v) is 18.3. The van der Waals surface area contributed by atoms with Gasteiger partial charge in [0.15, 0.2) is 11.5 Å². The third-order valence-corrected chi connectivity index (χ3v) is 6.98. The van der Waals surface area contributed by atoms with Crippen LogP contribution in [0.1, 0.15) is 21.7 Å². The van der Waals surface area contributed by atoms with Gasteiger partial charge in [0.05, 0.1) is 18.1 Å². The van der Waals surface area contributed by atoms with E-state index >= 15 is 0 Å². The molecule has 0 saturated heterocycles. The molecule has 2 N–H and O–H groups in total. The lowest BCUT2D eigenvalue weighted by atomic mass is 10.2. The maximum absolute atomic E-state index is 12.8. The zero-order chi connectivity index (χ0) is 21.7. The van der Waals surface area contributed by atoms with E-state index in [-0.39, 0.29) is 10.8 Å². The fourth-order valence-corrected chi connectivity index (χ4v) is 4.85. The van der Waals surface area contributed by atoms with Crippen LogP contribution in [-0.4, -0.2) is 34.1 Å². The van der Waals surface area contributed by atoms with E-state index in [0.717, 1.165) is 12.8 Å². The summed E-state index contributed by atoms with van der Waals surface area (Å²) >= 11 is 1.65. The van der Waals surface area contributed by atoms with Gasteiger partial charge in [0, 0.05) is 35.2 Å². The van der Waals surface area contributed by atoms with Crippen LogP contribution in [0, 0.1) is 0 Å². The molecule has 0 unspecified atom stereocenters. The summed E-state index contributed by atoms with van der Waals surface area (Å²) in [5, 5.41) is 4.87. The summed E-state index contributed by atoms with van der Waals surface area (Å²) < 4.78 is 39.2. The van der Waals surface area contributed by atoms with E-state index < -0.39 is 10.0 Å². The number of rotatable bonds is 7. The molecule has 9 heteroatoms. The first-order valence-electron chi connectivity index (χ1n) is 9.84. The Balaban J connectivity index is 1.38. The highest BCUT2D eigenvalue weighted by atomic mass is 32.2. The number of amides is 1. The summed E-state index contributed by atoms with van der Waals surface area (Å²) in [7, 11) is -3.82. The van der Waals surface area contributed by atoms with Crippen molar-refractivity contribution < 1.29 is 22.7 Å². The highest BCUT2D eigenvalue weighted by Gasteiger charge is 2.19. The van der Waals surface area contributed by atoms with Gasteiger partial charge in [-0.1, -0.05) is 6.07 Å². The van der Waals surface area contributed by atoms with Gasteiger partial charge in [-0.25, -0.2) is 8.42 Å². The Morgan fingerprint density at radius 3 is 2.52 bits per heavy atom. The average molecular weight is 459 g/mol. The van der Waals surface area contributed by atoms with Gasteiger partial charge in [-0.3, -0.25) is 9.52 Å². The largest absolute Gasteiger partial charge is 0.490 e. The van der Waals surface area contributed by atoms with Crippen molar-refractivity contribution in [3.8, 4) is 11.5 Å². The first-order chi connectivity index (χ1) is 15.0. The van der Waals surface area contributed by atoms with Gasteiger partial charge in [-0.2, -0.15) is 0 Å². The highest BCUT2D eigenvalue weighted by molar-refractivity contribution is 7.92. The van der Waals surface area contributed by atoms with Gasteiger partial charge in [0.2, 0.25) is 0 Å². The molecule has 0 spiro atoms. The smallest absolute Gasteiger partial charge is 0.262 e. The molecule has 0 bridgehead atoms. The average Bonchev–Trinajstić information content (AvgIpc) is 3.16. The van der Waals surface area contributed by atoms with Crippen LogP contribution in [0.25, 0.3) is 0 Å². The normalized spacial score (nSPS) is 13.3. The minimum Gasteiger partial charge on any atom is -0.490 e. The Labute approximate surface area is 185 Å². The second-order valence-corrected chi connectivity index (χ2v) is 9.64. The molecule has 0 radical (unpaired) electrons. The van der Waals surface area contributed by atoms with E-state index in [0.29, 0.717) is 42.5 Å². The Kier molecular flexibility index (Phi) is 6.43. The molecule has 31 heavy (non-hydrogen) atoms. The topological polar surface area (TPSA) is 93.7 Å². The van der Waals surface area contributed by atoms with Crippen LogP contribution in [0.2, 0.25) is 0 Å². The molecule has 0 atom stereocenters. The molecule has 7 nitrogen and oxygen atoms in total. The van der Waals surface area contributed by atoms with Crippen LogP contribution >= 0.6 is 11.3 Å². The van der Waals surface area contributed by atoms with E-state index in [1.165, 1.54) is 17.0 Å². The number of anilines is 1. The SMILES string of the molecule is O=C(NCCc1cccs1)c1ccc(NS(=O)(=O)c2ccc3c(c2)OCCCO3)cc1. The van der Waals surface area contributed by atoms with Crippen molar-refractivity contribution in [2.24, 2.45) is 0 Å². The number of carbonyl (C=O) groups excluding carboxylic acids is 1. The number of hydrogen-bond donors (Lipinski definition) is 2. The second kappa shape index (κ2) is 9.40. The van der Waals surface area contributed by atoms with Gasteiger partial charge >= 0.3 is 0 Å². The van der Waals surface area contributed by atoms with Gasteiger partial charge in [-0.05, 0) is 54.3 Å². The molecule has 1 amide bonds. The van der Waals surface area contributed by atoms with Crippen LogP contribution in [0.15, 0.2) is 64.9 Å². The molecular formula is C22H22N2O5S2. The monoisotopic (exact) mass is 458 g/mol. The molecule has 0 saturated carbocycles. The standard InChI is InChI=1S/C22H22N2O5S2/c25-22(23-11-10-18-3-1-14-30-18)16-4-6-17(7-5-16)24-31(26,27)19-8-9-20-21(15-19)29-13-2-12-28-20/h1,3-9,14-15,24H,2,10-13H2,(H,23,25). The fraction of sp³-hybridized carbons (Fsp3) is 0.227. The summed E-state index contributed by atoms with van der Waals surface area (Å²) in [6.45, 7) is 1.55. The molecule has 0 fully saturated rings. The van der Waals surface area contributed by atoms with Crippen LogP contribution in [0.3, 0.4) is 0 Å². The van der Waals surface area contributed by atoms with E-state index in [4.69, 9.17) is 9.47 Å². The first kappa shape index (κ1) is 21.2. The molecule has 3 aromatic rings. The number of sulfonamides is 1. The summed E-state index contributed by atoms with van der Waals surface area (Å²) in [5.41, 5.74) is 0.826. The molecule has 0 aliphatic carbocycles. The Bertz CT molecular complexity index is 1140. The first-order valence-corrected chi connectivity index (χ1v) is 12.2. The summed E-state index contributed by atoms with van der Waals surface area (Å²) in [6, 6.07) is 14.8. The van der Waals surface area contributed by atoms with E-state index in [1.54, 1.807) is 41.7 Å². The molecule has 1 aliphatic rings. The highest BCUT2D eigenvalue weighted by Crippen LogP contribution is 2.32. The molecule has 4 rings (SSSR count). The lowest BCUT2D eigenvalue weighted by molar-refractivity contribution is 0.0954. The predicted octanol–water partition coefficient (Wildman–Crippen LogP) is 3.68. The summed E-state index contributed by atoms with van der Waals surface area (Å²) in [5.74, 6) is 0.745. The van der Waals surface area contributed by atoms with Crippen LogP contribution < -0.4 is 19.5 Å². The van der Waals surface area contributed by atoms with Crippen molar-refractivity contribution in [2.45, 2.75) is 17.7 Å². The molecule has 1 aromatic heterocycles. The minimum absolute atomic E-state index is 0.0761. The van der Waals surface area contributed by atoms with Crippen molar-refractivity contribution in [3.05, 3.63) is 70.4 Å². The lowest BCUT2D eigenvalue weighted by Gasteiger charge is -2.12. The number of thiophene rings is 1. The maximum atomic E-state index is 12.8. The van der Waals surface area contributed by atoms with Crippen LogP contribution in [0.4, 0.5) is 5.69 Å². The third kappa shape index (κ3) is 5.36. The van der Waals surface area contributed by atoms with Crippen molar-refractivity contribution in [3.63, 3.8) is 0 Å². The van der Waals surface area contributed by atoms with Gasteiger partial charge in [-0.15, -0.1) is 11.3 Å². The Morgan fingerprint density at radius 1 is 1.00 bits per heavy atom. The second-order valence-electron chi connectivity index (χ2n) is 6.93. The van der Waals surface area contributed by atoms with Crippen molar-refractivity contribution in [2.75, 3.05) is 24.5 Å². The van der Waals surface area contributed by atoms with Gasteiger partial charge in [0.25, 0.3) is 15.9 Å². The minimum atomic E-state index is -3.82. The number of fused-ring (bicyclic) bond motifs is 1. The summed E-state index contributed by atoms with van der Waals surface area (Å²) in [6.07, 6.45) is 1.51. The molecular weight excluding hydrogens is 436 g/mol. The maximum Gasteiger partial charge on any atom is 0.262 e. The Morgan fingerprint density at radius 2 is 1.77 bits per heavy atom. The van der Waals surface area contributed by atoms with Gasteiger partial charge in [0.1, 0.15) is 0 Å². The molecule has 2 aromatic carbocycles. The van der Waals surface area contributed by atoms with Crippen LogP contribution in [0.5, 0.6) is 11.5 Å². The molecule has 2 heterocycles. The van der Waals surface area contributed by atoms with Crippen molar-refractivity contribution in [1.29, 1.82) is 0 Å². The van der Waals surface area contributed by atoms with E-state index in [2.05, 4.69) is 10.0 Å². The Hall–Kier alpha value is -3.04. The number of carbonyl (C=O) groups is 1. The quantitative estimate of drug-likeness (QED) is 0.563. The van der Waals surface area contributed by atoms with Crippen molar-refractivity contribution >= 4 is 33.0 Å². The van der Waals surface area contributed by atoms with Crippen LogP contribution in [-0.2, 0) is 16.4 Å². The van der Waals surface area contributed by atoms with Crippen molar-refractivity contribution in [1.82, 2.24) is 5.32 Å². The lowest BCUT2D eigenvalue weighted by Crippen LogP contribution is -2.25. The summed E-state index contributed by atoms with van der Waals surface area (Å²) in [4.78, 5) is 13.6. The van der Waals surface area contributed by atoms with E-state index in [9.17, 15) is 13.2 Å². The number of hydrogen-bond acceptors (Lipinski definition) is 6. The van der Waals surface area contributed by atoms with E-state index in [1.807, 2.05) is 17.5 Å². The number of ether oxygens (including phenoxy) is 2.